The molecule has 0 aliphatic carbocycles. The van der Waals surface area contributed by atoms with Crippen LogP contribution < -0.4 is 5.32 Å². The van der Waals surface area contributed by atoms with Crippen molar-refractivity contribution in [3.05, 3.63) is 40.1 Å². The van der Waals surface area contributed by atoms with Crippen LogP contribution in [0, 0.1) is 6.92 Å². The number of carboxylic acids is 1. The molecule has 18 heavy (non-hydrogen) atoms. The van der Waals surface area contributed by atoms with Crippen molar-refractivity contribution in [3.8, 4) is 0 Å². The van der Waals surface area contributed by atoms with Crippen LogP contribution in [0.25, 0.3) is 0 Å². The van der Waals surface area contributed by atoms with Crippen LogP contribution in [0.15, 0.2) is 24.1 Å². The van der Waals surface area contributed by atoms with Gasteiger partial charge in [0, 0.05) is 12.4 Å². The highest BCUT2D eigenvalue weighted by molar-refractivity contribution is 7.12. The van der Waals surface area contributed by atoms with Crippen molar-refractivity contribution in [1.29, 1.82) is 0 Å². The molecule has 0 aliphatic rings. The van der Waals surface area contributed by atoms with Crippen LogP contribution in [0.1, 0.15) is 25.6 Å². The van der Waals surface area contributed by atoms with Crippen molar-refractivity contribution < 1.29 is 14.7 Å². The first-order valence-electron chi connectivity index (χ1n) is 4.97. The van der Waals surface area contributed by atoms with Gasteiger partial charge in [0.05, 0.1) is 11.3 Å². The highest BCUT2D eigenvalue weighted by Crippen LogP contribution is 2.27. The van der Waals surface area contributed by atoms with E-state index in [9.17, 15) is 9.59 Å². The van der Waals surface area contributed by atoms with E-state index in [1.165, 1.54) is 18.7 Å². The number of aromatic nitrogens is 2. The van der Waals surface area contributed by atoms with Crippen molar-refractivity contribution in [1.82, 2.24) is 9.97 Å². The lowest BCUT2D eigenvalue weighted by Crippen LogP contribution is -2.14. The summed E-state index contributed by atoms with van der Waals surface area (Å²) >= 11 is 1.08. The predicted octanol–water partition coefficient (Wildman–Crippen LogP) is 1.80. The van der Waals surface area contributed by atoms with Crippen LogP contribution in [0.2, 0.25) is 0 Å². The third kappa shape index (κ3) is 2.35. The maximum Gasteiger partial charge on any atom is 0.348 e. The summed E-state index contributed by atoms with van der Waals surface area (Å²) in [6, 6.07) is 0. The Hall–Kier alpha value is -2.28. The van der Waals surface area contributed by atoms with Gasteiger partial charge in [-0.1, -0.05) is 0 Å². The second kappa shape index (κ2) is 4.92. The van der Waals surface area contributed by atoms with E-state index in [0.29, 0.717) is 11.3 Å². The van der Waals surface area contributed by atoms with E-state index in [4.69, 9.17) is 5.11 Å². The van der Waals surface area contributed by atoms with E-state index in [0.717, 1.165) is 11.3 Å². The lowest BCUT2D eigenvalue weighted by molar-refractivity contribution is 0.0703. The number of carbonyl (C=O) groups excluding carboxylic acids is 1. The summed E-state index contributed by atoms with van der Waals surface area (Å²) in [5, 5.41) is 13.2. The fourth-order valence-electron chi connectivity index (χ4n) is 1.36. The standard InChI is InChI=1S/C11H9N3O3S/c1-6-4-18-9(11(16)17)8(6)14-10(15)7-2-12-5-13-3-7/h2-5H,1H3,(H,14,15)(H,16,17). The molecule has 0 radical (unpaired) electrons. The van der Waals surface area contributed by atoms with E-state index >= 15 is 0 Å². The van der Waals surface area contributed by atoms with Crippen molar-refractivity contribution in [2.75, 3.05) is 5.32 Å². The van der Waals surface area contributed by atoms with Gasteiger partial charge in [-0.15, -0.1) is 11.3 Å². The van der Waals surface area contributed by atoms with Gasteiger partial charge < -0.3 is 10.4 Å². The molecule has 0 aliphatic heterocycles. The Morgan fingerprint density at radius 3 is 2.61 bits per heavy atom. The number of nitrogens with zero attached hydrogens (tertiary/aromatic N) is 2. The maximum absolute atomic E-state index is 11.9. The van der Waals surface area contributed by atoms with Gasteiger partial charge in [0.1, 0.15) is 11.2 Å². The van der Waals surface area contributed by atoms with Crippen molar-refractivity contribution >= 4 is 28.9 Å². The van der Waals surface area contributed by atoms with E-state index in [1.807, 2.05) is 0 Å². The minimum absolute atomic E-state index is 0.109. The monoisotopic (exact) mass is 263 g/mol. The highest BCUT2D eigenvalue weighted by Gasteiger charge is 2.18. The summed E-state index contributed by atoms with van der Waals surface area (Å²) < 4.78 is 0. The number of hydrogen-bond acceptors (Lipinski definition) is 5. The molecule has 1 amide bonds. The number of aryl methyl sites for hydroxylation is 1. The van der Waals surface area contributed by atoms with Gasteiger partial charge in [0.25, 0.3) is 5.91 Å². The summed E-state index contributed by atoms with van der Waals surface area (Å²) in [7, 11) is 0. The quantitative estimate of drug-likeness (QED) is 0.880. The second-order valence-corrected chi connectivity index (χ2v) is 4.39. The Morgan fingerprint density at radius 1 is 1.33 bits per heavy atom. The molecular formula is C11H9N3O3S. The molecule has 6 nitrogen and oxygen atoms in total. The molecule has 2 rings (SSSR count). The van der Waals surface area contributed by atoms with Crippen molar-refractivity contribution in [2.45, 2.75) is 6.92 Å². The first-order chi connectivity index (χ1) is 8.59. The SMILES string of the molecule is Cc1csc(C(=O)O)c1NC(=O)c1cncnc1. The largest absolute Gasteiger partial charge is 0.477 e. The Kier molecular flexibility index (Phi) is 3.33. The van der Waals surface area contributed by atoms with Crippen LogP contribution in [-0.2, 0) is 0 Å². The number of carboxylic acid groups (broad SMARTS) is 1. The molecule has 0 unspecified atom stereocenters. The van der Waals surface area contributed by atoms with Crippen LogP contribution in [0.5, 0.6) is 0 Å². The summed E-state index contributed by atoms with van der Waals surface area (Å²) in [6.07, 6.45) is 4.05. The third-order valence-corrected chi connectivity index (χ3v) is 3.32. The molecule has 0 atom stereocenters. The Morgan fingerprint density at radius 2 is 2.00 bits per heavy atom. The smallest absolute Gasteiger partial charge is 0.348 e. The first-order valence-corrected chi connectivity index (χ1v) is 5.85. The molecule has 0 spiro atoms. The van der Waals surface area contributed by atoms with Gasteiger partial charge in [-0.05, 0) is 17.9 Å². The average molecular weight is 263 g/mol. The Balaban J connectivity index is 2.27. The van der Waals surface area contributed by atoms with Crippen molar-refractivity contribution in [2.24, 2.45) is 0 Å². The van der Waals surface area contributed by atoms with E-state index < -0.39 is 11.9 Å². The molecule has 0 bridgehead atoms. The molecule has 92 valence electrons. The Bertz CT molecular complexity index is 595. The minimum atomic E-state index is -1.06. The summed E-state index contributed by atoms with van der Waals surface area (Å²) in [6.45, 7) is 1.74. The zero-order chi connectivity index (χ0) is 13.1. The fraction of sp³-hybridized carbons (Fsp3) is 0.0909. The zero-order valence-corrected chi connectivity index (χ0v) is 10.2. The number of aromatic carboxylic acids is 1. The lowest BCUT2D eigenvalue weighted by Gasteiger charge is -2.05. The lowest BCUT2D eigenvalue weighted by atomic mass is 10.2. The molecule has 7 heteroatoms. The number of rotatable bonds is 3. The third-order valence-electron chi connectivity index (χ3n) is 2.23. The normalized spacial score (nSPS) is 10.1. The van der Waals surface area contributed by atoms with Gasteiger partial charge in [-0.3, -0.25) is 4.79 Å². The number of carbonyl (C=O) groups is 2. The van der Waals surface area contributed by atoms with Crippen molar-refractivity contribution in [3.63, 3.8) is 0 Å². The highest BCUT2D eigenvalue weighted by atomic mass is 32.1. The molecule has 2 aromatic rings. The van der Waals surface area contributed by atoms with Crippen LogP contribution in [-0.4, -0.2) is 27.0 Å². The topological polar surface area (TPSA) is 92.2 Å². The van der Waals surface area contributed by atoms with Crippen LogP contribution in [0.4, 0.5) is 5.69 Å². The van der Waals surface area contributed by atoms with Gasteiger partial charge in [0.2, 0.25) is 0 Å². The number of anilines is 1. The molecule has 0 fully saturated rings. The second-order valence-electron chi connectivity index (χ2n) is 3.51. The molecule has 2 N–H and O–H groups in total. The molecule has 0 aromatic carbocycles. The van der Waals surface area contributed by atoms with Gasteiger partial charge >= 0.3 is 5.97 Å². The number of nitrogens with one attached hydrogen (secondary N) is 1. The molecule has 0 saturated carbocycles. The van der Waals surface area contributed by atoms with Gasteiger partial charge in [0.15, 0.2) is 0 Å². The predicted molar refractivity (Wildman–Crippen MR) is 66.0 cm³/mol. The van der Waals surface area contributed by atoms with E-state index in [1.54, 1.807) is 12.3 Å². The van der Waals surface area contributed by atoms with E-state index in [2.05, 4.69) is 15.3 Å². The number of hydrogen-bond donors (Lipinski definition) is 2. The molecular weight excluding hydrogens is 254 g/mol. The van der Waals surface area contributed by atoms with E-state index in [-0.39, 0.29) is 10.4 Å². The number of thiophene rings is 1. The molecule has 0 saturated heterocycles. The molecule has 2 aromatic heterocycles. The van der Waals surface area contributed by atoms with Crippen LogP contribution in [0.3, 0.4) is 0 Å². The summed E-state index contributed by atoms with van der Waals surface area (Å²) in [5.41, 5.74) is 1.31. The molecule has 2 heterocycles. The number of amides is 1. The summed E-state index contributed by atoms with van der Waals surface area (Å²) in [5.74, 6) is -1.49. The average Bonchev–Trinajstić information content (AvgIpc) is 2.72. The first kappa shape index (κ1) is 12.2. The van der Waals surface area contributed by atoms with Gasteiger partial charge in [-0.25, -0.2) is 14.8 Å². The summed E-state index contributed by atoms with van der Waals surface area (Å²) in [4.78, 5) is 30.4. The zero-order valence-electron chi connectivity index (χ0n) is 9.38. The maximum atomic E-state index is 11.9. The van der Waals surface area contributed by atoms with Gasteiger partial charge in [-0.2, -0.15) is 0 Å². The fourth-order valence-corrected chi connectivity index (χ4v) is 2.20. The minimum Gasteiger partial charge on any atom is -0.477 e. The van der Waals surface area contributed by atoms with Crippen LogP contribution >= 0.6 is 11.3 Å². The Labute approximate surface area is 106 Å².